The van der Waals surface area contributed by atoms with Crippen LogP contribution < -0.4 is 10.1 Å². The van der Waals surface area contributed by atoms with Gasteiger partial charge in [-0.15, -0.1) is 0 Å². The summed E-state index contributed by atoms with van der Waals surface area (Å²) in [4.78, 5) is 10.6. The SMILES string of the molecule is CNc1ccc(C=Cc2ccc(OCCOCCOCCOC(C)=O)cc2)cc1. The molecule has 0 atom stereocenters. The smallest absolute Gasteiger partial charge is 0.302 e. The summed E-state index contributed by atoms with van der Waals surface area (Å²) in [6.45, 7) is 3.91. The number of benzene rings is 2. The second kappa shape index (κ2) is 13.4. The molecule has 2 rings (SSSR count). The van der Waals surface area contributed by atoms with Crippen molar-refractivity contribution in [1.29, 1.82) is 0 Å². The molecule has 6 nitrogen and oxygen atoms in total. The Morgan fingerprint density at radius 2 is 1.31 bits per heavy atom. The van der Waals surface area contributed by atoms with Gasteiger partial charge in [-0.2, -0.15) is 0 Å². The first-order valence-corrected chi connectivity index (χ1v) is 9.65. The third-order valence-electron chi connectivity index (χ3n) is 3.95. The summed E-state index contributed by atoms with van der Waals surface area (Å²) in [5.41, 5.74) is 3.36. The molecule has 0 fully saturated rings. The largest absolute Gasteiger partial charge is 0.491 e. The molecule has 0 aliphatic carbocycles. The minimum Gasteiger partial charge on any atom is -0.491 e. The molecule has 0 heterocycles. The lowest BCUT2D eigenvalue weighted by atomic mass is 10.1. The number of esters is 1. The van der Waals surface area contributed by atoms with Crippen molar-refractivity contribution < 1.29 is 23.7 Å². The van der Waals surface area contributed by atoms with Crippen LogP contribution in [0.15, 0.2) is 48.5 Å². The van der Waals surface area contributed by atoms with Crippen LogP contribution in [0.25, 0.3) is 12.2 Å². The predicted molar refractivity (Wildman–Crippen MR) is 115 cm³/mol. The first-order chi connectivity index (χ1) is 14.2. The lowest BCUT2D eigenvalue weighted by molar-refractivity contribution is -0.142. The molecule has 0 saturated heterocycles. The van der Waals surface area contributed by atoms with Gasteiger partial charge in [0.15, 0.2) is 0 Å². The van der Waals surface area contributed by atoms with Gasteiger partial charge in [0.2, 0.25) is 0 Å². The number of anilines is 1. The molecule has 0 unspecified atom stereocenters. The highest BCUT2D eigenvalue weighted by atomic mass is 16.6. The molecular weight excluding hydrogens is 370 g/mol. The van der Waals surface area contributed by atoms with Gasteiger partial charge in [-0.1, -0.05) is 36.4 Å². The van der Waals surface area contributed by atoms with E-state index in [-0.39, 0.29) is 12.6 Å². The van der Waals surface area contributed by atoms with Crippen molar-refractivity contribution in [2.75, 3.05) is 52.0 Å². The number of hydrogen-bond donors (Lipinski definition) is 1. The topological polar surface area (TPSA) is 66.0 Å². The Morgan fingerprint density at radius 1 is 0.793 bits per heavy atom. The molecule has 0 amide bonds. The fraction of sp³-hybridized carbons (Fsp3) is 0.348. The van der Waals surface area contributed by atoms with E-state index in [1.54, 1.807) is 0 Å². The van der Waals surface area contributed by atoms with Crippen molar-refractivity contribution in [2.45, 2.75) is 6.92 Å². The van der Waals surface area contributed by atoms with Crippen LogP contribution in [-0.4, -0.2) is 52.7 Å². The summed E-state index contributed by atoms with van der Waals surface area (Å²) in [5, 5.41) is 3.11. The molecule has 0 aliphatic rings. The molecule has 0 spiro atoms. The van der Waals surface area contributed by atoms with Crippen LogP contribution in [0.4, 0.5) is 5.69 Å². The summed E-state index contributed by atoms with van der Waals surface area (Å²) in [6.07, 6.45) is 4.15. The van der Waals surface area contributed by atoms with Crippen LogP contribution >= 0.6 is 0 Å². The van der Waals surface area contributed by atoms with Crippen molar-refractivity contribution in [3.8, 4) is 5.75 Å². The zero-order valence-electron chi connectivity index (χ0n) is 17.1. The summed E-state index contributed by atoms with van der Waals surface area (Å²) in [6, 6.07) is 16.2. The summed E-state index contributed by atoms with van der Waals surface area (Å²) in [5.74, 6) is 0.507. The van der Waals surface area contributed by atoms with Crippen LogP contribution in [0.3, 0.4) is 0 Å². The van der Waals surface area contributed by atoms with Crippen LogP contribution in [0.5, 0.6) is 5.75 Å². The number of ether oxygens (including phenoxy) is 4. The maximum atomic E-state index is 10.6. The monoisotopic (exact) mass is 399 g/mol. The van der Waals surface area contributed by atoms with Gasteiger partial charge in [0.05, 0.1) is 26.4 Å². The van der Waals surface area contributed by atoms with Crippen LogP contribution in [0.1, 0.15) is 18.1 Å². The average Bonchev–Trinajstić information content (AvgIpc) is 2.74. The molecule has 29 heavy (non-hydrogen) atoms. The second-order valence-electron chi connectivity index (χ2n) is 6.19. The van der Waals surface area contributed by atoms with E-state index in [0.717, 1.165) is 22.6 Å². The van der Waals surface area contributed by atoms with E-state index in [2.05, 4.69) is 29.6 Å². The van der Waals surface area contributed by atoms with Crippen molar-refractivity contribution >= 4 is 23.8 Å². The summed E-state index contributed by atoms with van der Waals surface area (Å²) >= 11 is 0. The van der Waals surface area contributed by atoms with Crippen molar-refractivity contribution in [3.05, 3.63) is 59.7 Å². The van der Waals surface area contributed by atoms with Gasteiger partial charge >= 0.3 is 5.97 Å². The van der Waals surface area contributed by atoms with Crippen LogP contribution in [0.2, 0.25) is 0 Å². The maximum absolute atomic E-state index is 10.6. The van der Waals surface area contributed by atoms with Gasteiger partial charge in [-0.25, -0.2) is 0 Å². The molecular formula is C23H29NO5. The Balaban J connectivity index is 1.58. The Kier molecular flexibility index (Phi) is 10.3. The zero-order valence-corrected chi connectivity index (χ0v) is 17.1. The van der Waals surface area contributed by atoms with E-state index in [1.165, 1.54) is 6.92 Å². The van der Waals surface area contributed by atoms with Gasteiger partial charge in [0.1, 0.15) is 19.0 Å². The predicted octanol–water partition coefficient (Wildman–Crippen LogP) is 3.87. The lowest BCUT2D eigenvalue weighted by Crippen LogP contribution is -2.13. The highest BCUT2D eigenvalue weighted by Gasteiger charge is 1.96. The fourth-order valence-corrected chi connectivity index (χ4v) is 2.41. The van der Waals surface area contributed by atoms with E-state index in [9.17, 15) is 4.79 Å². The molecule has 1 N–H and O–H groups in total. The minimum atomic E-state index is -0.300. The molecule has 0 aromatic heterocycles. The highest BCUT2D eigenvalue weighted by Crippen LogP contribution is 2.15. The average molecular weight is 399 g/mol. The van der Waals surface area contributed by atoms with Gasteiger partial charge < -0.3 is 24.3 Å². The Morgan fingerprint density at radius 3 is 1.86 bits per heavy atom. The summed E-state index contributed by atoms with van der Waals surface area (Å²) < 4.78 is 21.1. The molecule has 2 aromatic carbocycles. The molecule has 2 aromatic rings. The number of nitrogens with one attached hydrogen (secondary N) is 1. The standard InChI is InChI=1S/C23H29NO5/c1-19(25)28-17-15-26-13-14-27-16-18-29-23-11-7-21(8-12-23)4-3-20-5-9-22(24-2)10-6-20/h3-12,24H,13-18H2,1-2H3. The fourth-order valence-electron chi connectivity index (χ4n) is 2.41. The first kappa shape index (κ1) is 22.5. The molecule has 0 radical (unpaired) electrons. The van der Waals surface area contributed by atoms with Crippen molar-refractivity contribution in [3.63, 3.8) is 0 Å². The van der Waals surface area contributed by atoms with Gasteiger partial charge in [0.25, 0.3) is 0 Å². The molecule has 156 valence electrons. The molecule has 6 heteroatoms. The molecule has 0 bridgehead atoms. The van der Waals surface area contributed by atoms with Gasteiger partial charge in [-0.05, 0) is 35.4 Å². The normalized spacial score (nSPS) is 10.8. The number of rotatable bonds is 13. The van der Waals surface area contributed by atoms with Crippen molar-refractivity contribution in [2.24, 2.45) is 0 Å². The van der Waals surface area contributed by atoms with E-state index >= 15 is 0 Å². The van der Waals surface area contributed by atoms with Gasteiger partial charge in [-0.3, -0.25) is 4.79 Å². The minimum absolute atomic E-state index is 0.270. The van der Waals surface area contributed by atoms with E-state index < -0.39 is 0 Å². The lowest BCUT2D eigenvalue weighted by Gasteiger charge is -2.08. The van der Waals surface area contributed by atoms with E-state index in [0.29, 0.717) is 33.0 Å². The first-order valence-electron chi connectivity index (χ1n) is 9.65. The highest BCUT2D eigenvalue weighted by molar-refractivity contribution is 5.70. The van der Waals surface area contributed by atoms with E-state index in [4.69, 9.17) is 18.9 Å². The van der Waals surface area contributed by atoms with Crippen LogP contribution in [0, 0.1) is 0 Å². The van der Waals surface area contributed by atoms with Crippen molar-refractivity contribution in [1.82, 2.24) is 0 Å². The number of carbonyl (C=O) groups is 1. The van der Waals surface area contributed by atoms with Gasteiger partial charge in [0, 0.05) is 19.7 Å². The number of carbonyl (C=O) groups excluding carboxylic acids is 1. The van der Waals surface area contributed by atoms with Crippen LogP contribution in [-0.2, 0) is 19.0 Å². The Labute approximate surface area is 172 Å². The maximum Gasteiger partial charge on any atom is 0.302 e. The second-order valence-corrected chi connectivity index (χ2v) is 6.19. The number of hydrogen-bond acceptors (Lipinski definition) is 6. The Bertz CT molecular complexity index is 741. The Hall–Kier alpha value is -2.83. The molecule has 0 aliphatic heterocycles. The third-order valence-corrected chi connectivity index (χ3v) is 3.95. The zero-order chi connectivity index (χ0) is 20.7. The van der Waals surface area contributed by atoms with E-state index in [1.807, 2.05) is 43.4 Å². The summed E-state index contributed by atoms with van der Waals surface area (Å²) in [7, 11) is 1.91. The third kappa shape index (κ3) is 9.78. The quantitative estimate of drug-likeness (QED) is 0.313. The molecule has 0 saturated carbocycles.